The van der Waals surface area contributed by atoms with Crippen LogP contribution in [0.2, 0.25) is 0 Å². The minimum absolute atomic E-state index is 0.305. The van der Waals surface area contributed by atoms with Gasteiger partial charge in [0.25, 0.3) is 0 Å². The summed E-state index contributed by atoms with van der Waals surface area (Å²) < 4.78 is 27.7. The Kier molecular flexibility index (Phi) is 5.21. The molecule has 0 fully saturated rings. The third-order valence-corrected chi connectivity index (χ3v) is 5.31. The van der Waals surface area contributed by atoms with Gasteiger partial charge in [0.05, 0.1) is 25.6 Å². The lowest BCUT2D eigenvalue weighted by Crippen LogP contribution is -2.28. The van der Waals surface area contributed by atoms with Crippen molar-refractivity contribution in [3.8, 4) is 22.8 Å². The van der Waals surface area contributed by atoms with Gasteiger partial charge in [0, 0.05) is 24.0 Å². The zero-order valence-corrected chi connectivity index (χ0v) is 18.2. The topological polar surface area (TPSA) is 104 Å². The lowest BCUT2D eigenvalue weighted by atomic mass is 10.1. The van der Waals surface area contributed by atoms with Gasteiger partial charge in [-0.25, -0.2) is 22.8 Å². The van der Waals surface area contributed by atoms with Gasteiger partial charge in [-0.05, 0) is 42.5 Å². The first-order chi connectivity index (χ1) is 16.5. The monoisotopic (exact) mass is 462 g/mol. The molecule has 0 unspecified atom stereocenters. The largest absolute Gasteiger partial charge is 0.497 e. The Labute approximate surface area is 191 Å². The van der Waals surface area contributed by atoms with Crippen LogP contribution in [0.25, 0.3) is 22.4 Å². The van der Waals surface area contributed by atoms with E-state index in [1.165, 1.54) is 36.9 Å². The number of anilines is 1. The molecule has 0 radical (unpaired) electrons. The number of rotatable bonds is 6. The van der Waals surface area contributed by atoms with E-state index in [0.29, 0.717) is 34.0 Å². The van der Waals surface area contributed by atoms with E-state index in [4.69, 9.17) is 9.47 Å². The molecule has 10 nitrogen and oxygen atoms in total. The van der Waals surface area contributed by atoms with E-state index in [-0.39, 0.29) is 12.4 Å². The number of ether oxygens (including phenoxy) is 2. The first-order valence-corrected chi connectivity index (χ1v) is 10.2. The number of carbonyl (C=O) groups excluding carboxylic acids is 1. The predicted molar refractivity (Wildman–Crippen MR) is 122 cm³/mol. The smallest absolute Gasteiger partial charge is 0.350 e. The van der Waals surface area contributed by atoms with Crippen LogP contribution in [0.15, 0.2) is 65.7 Å². The summed E-state index contributed by atoms with van der Waals surface area (Å²) in [6, 6.07) is 12.7. The number of fused-ring (bicyclic) bond motifs is 3. The fourth-order valence-electron chi connectivity index (χ4n) is 3.63. The number of benzene rings is 2. The zero-order chi connectivity index (χ0) is 23.8. The summed E-state index contributed by atoms with van der Waals surface area (Å²) in [5.74, 6) is 0.205. The van der Waals surface area contributed by atoms with Crippen molar-refractivity contribution in [2.45, 2.75) is 6.54 Å². The molecule has 5 aromatic rings. The van der Waals surface area contributed by atoms with Gasteiger partial charge in [-0.3, -0.25) is 4.79 Å². The molecule has 2 aromatic carbocycles. The van der Waals surface area contributed by atoms with Gasteiger partial charge in [-0.2, -0.15) is 5.10 Å². The number of nitrogens with one attached hydrogen (secondary N) is 1. The van der Waals surface area contributed by atoms with Crippen molar-refractivity contribution < 1.29 is 18.7 Å². The summed E-state index contributed by atoms with van der Waals surface area (Å²) in [7, 11) is 3.01. The molecule has 0 spiro atoms. The highest BCUT2D eigenvalue weighted by molar-refractivity contribution is 5.92. The van der Waals surface area contributed by atoms with Crippen LogP contribution in [0.3, 0.4) is 0 Å². The Balaban J connectivity index is 1.45. The highest BCUT2D eigenvalue weighted by Crippen LogP contribution is 2.29. The summed E-state index contributed by atoms with van der Waals surface area (Å²) in [5.41, 5.74) is 2.18. The predicted octanol–water partition coefficient (Wildman–Crippen LogP) is 2.61. The Bertz CT molecular complexity index is 1590. The second-order valence-electron chi connectivity index (χ2n) is 7.41. The van der Waals surface area contributed by atoms with Crippen LogP contribution < -0.4 is 20.5 Å². The van der Waals surface area contributed by atoms with Gasteiger partial charge < -0.3 is 14.8 Å². The number of methoxy groups -OCH3 is 2. The fourth-order valence-corrected chi connectivity index (χ4v) is 3.63. The second-order valence-corrected chi connectivity index (χ2v) is 7.41. The summed E-state index contributed by atoms with van der Waals surface area (Å²) in [5, 5.41) is 11.5. The van der Waals surface area contributed by atoms with Crippen LogP contribution in [-0.4, -0.2) is 43.9 Å². The van der Waals surface area contributed by atoms with Gasteiger partial charge in [0.1, 0.15) is 29.4 Å². The second kappa shape index (κ2) is 8.35. The Morgan fingerprint density at radius 2 is 1.82 bits per heavy atom. The molecule has 0 saturated heterocycles. The first-order valence-electron chi connectivity index (χ1n) is 10.2. The number of hydrogen-bond donors (Lipinski definition) is 1. The van der Waals surface area contributed by atoms with Gasteiger partial charge in [0.15, 0.2) is 5.65 Å². The number of carbonyl (C=O) groups is 1. The summed E-state index contributed by atoms with van der Waals surface area (Å²) in [6.45, 7) is -0.305. The van der Waals surface area contributed by atoms with Crippen LogP contribution in [0.1, 0.15) is 0 Å². The third kappa shape index (κ3) is 3.72. The van der Waals surface area contributed by atoms with Gasteiger partial charge in [-0.15, -0.1) is 5.10 Å². The van der Waals surface area contributed by atoms with Gasteiger partial charge >= 0.3 is 5.69 Å². The van der Waals surface area contributed by atoms with Crippen molar-refractivity contribution in [1.29, 1.82) is 0 Å². The molecule has 11 heteroatoms. The maximum Gasteiger partial charge on any atom is 0.350 e. The van der Waals surface area contributed by atoms with Crippen molar-refractivity contribution in [2.75, 3.05) is 19.5 Å². The molecule has 34 heavy (non-hydrogen) atoms. The molecule has 3 heterocycles. The molecule has 0 atom stereocenters. The molecular weight excluding hydrogens is 443 g/mol. The molecule has 172 valence electrons. The minimum Gasteiger partial charge on any atom is -0.497 e. The number of halogens is 1. The quantitative estimate of drug-likeness (QED) is 0.416. The molecule has 1 amide bonds. The third-order valence-electron chi connectivity index (χ3n) is 5.31. The average Bonchev–Trinajstić information content (AvgIpc) is 3.41. The van der Waals surface area contributed by atoms with E-state index < -0.39 is 11.6 Å². The SMILES string of the molecule is COc1ccc(NC(=O)Cn2nc3c4cc(-c5ccc(F)cc5)nn4ccn3c2=O)c(OC)c1. The zero-order valence-electron chi connectivity index (χ0n) is 18.2. The highest BCUT2D eigenvalue weighted by atomic mass is 19.1. The van der Waals surface area contributed by atoms with E-state index in [9.17, 15) is 14.0 Å². The van der Waals surface area contributed by atoms with Gasteiger partial charge in [-0.1, -0.05) is 0 Å². The summed E-state index contributed by atoms with van der Waals surface area (Å²) in [6.07, 6.45) is 3.14. The molecule has 0 aliphatic rings. The molecule has 5 rings (SSSR count). The first kappa shape index (κ1) is 21.2. The Morgan fingerprint density at radius 1 is 1.03 bits per heavy atom. The highest BCUT2D eigenvalue weighted by Gasteiger charge is 2.16. The Morgan fingerprint density at radius 3 is 2.56 bits per heavy atom. The summed E-state index contributed by atoms with van der Waals surface area (Å²) >= 11 is 0. The molecule has 0 saturated carbocycles. The van der Waals surface area contributed by atoms with Crippen molar-refractivity contribution in [1.82, 2.24) is 23.8 Å². The van der Waals surface area contributed by atoms with Crippen molar-refractivity contribution in [3.05, 3.63) is 77.2 Å². The van der Waals surface area contributed by atoms with E-state index in [2.05, 4.69) is 15.5 Å². The normalized spacial score (nSPS) is 11.1. The average molecular weight is 462 g/mol. The lowest BCUT2D eigenvalue weighted by Gasteiger charge is -2.11. The van der Waals surface area contributed by atoms with E-state index in [1.807, 2.05) is 0 Å². The van der Waals surface area contributed by atoms with Crippen LogP contribution in [0, 0.1) is 5.82 Å². The fraction of sp³-hybridized carbons (Fsp3) is 0.130. The van der Waals surface area contributed by atoms with E-state index in [1.54, 1.807) is 47.1 Å². The standard InChI is InChI=1S/C23H19FN6O4/c1-33-16-7-8-17(20(11-16)34-2)25-21(31)13-30-23(32)28-9-10-29-19(22(28)27-30)12-18(26-29)14-3-5-15(24)6-4-14/h3-12H,13H2,1-2H3,(H,25,31). The molecular formula is C23H19FN6O4. The maximum absolute atomic E-state index is 13.3. The number of amides is 1. The van der Waals surface area contributed by atoms with Crippen molar-refractivity contribution in [2.24, 2.45) is 0 Å². The number of aromatic nitrogens is 5. The van der Waals surface area contributed by atoms with Crippen molar-refractivity contribution in [3.63, 3.8) is 0 Å². The van der Waals surface area contributed by atoms with Crippen LogP contribution >= 0.6 is 0 Å². The molecule has 0 aliphatic carbocycles. The Hall–Kier alpha value is -4.67. The van der Waals surface area contributed by atoms with E-state index >= 15 is 0 Å². The summed E-state index contributed by atoms with van der Waals surface area (Å²) in [4.78, 5) is 25.5. The molecule has 1 N–H and O–H groups in total. The van der Waals surface area contributed by atoms with Crippen LogP contribution in [0.5, 0.6) is 11.5 Å². The maximum atomic E-state index is 13.3. The molecule has 3 aromatic heterocycles. The van der Waals surface area contributed by atoms with Crippen LogP contribution in [-0.2, 0) is 11.3 Å². The van der Waals surface area contributed by atoms with E-state index in [0.717, 1.165) is 10.2 Å². The van der Waals surface area contributed by atoms with Crippen molar-refractivity contribution >= 4 is 22.8 Å². The number of hydrogen-bond acceptors (Lipinski definition) is 6. The molecule has 0 aliphatic heterocycles. The molecule has 0 bridgehead atoms. The van der Waals surface area contributed by atoms with Crippen LogP contribution in [0.4, 0.5) is 10.1 Å². The van der Waals surface area contributed by atoms with Gasteiger partial charge in [0.2, 0.25) is 5.91 Å². The lowest BCUT2D eigenvalue weighted by molar-refractivity contribution is -0.117. The number of nitrogens with zero attached hydrogens (tertiary/aromatic N) is 5. The minimum atomic E-state index is -0.473.